The molecule has 0 amide bonds. The molecule has 3 aromatic rings. The van der Waals surface area contributed by atoms with Gasteiger partial charge in [-0.3, -0.25) is 9.36 Å². The molecular formula is C21H14Cl2F2N4O4. The molecule has 1 aliphatic rings. The van der Waals surface area contributed by atoms with E-state index in [0.29, 0.717) is 5.56 Å². The highest BCUT2D eigenvalue weighted by Gasteiger charge is 2.42. The normalized spacial score (nSPS) is 17.5. The Bertz CT molecular complexity index is 1290. The summed E-state index contributed by atoms with van der Waals surface area (Å²) in [5, 5.41) is 22.9. The van der Waals surface area contributed by atoms with E-state index < -0.39 is 35.8 Å². The second kappa shape index (κ2) is 8.59. The summed E-state index contributed by atoms with van der Waals surface area (Å²) in [5.41, 5.74) is 0.891. The van der Waals surface area contributed by atoms with Gasteiger partial charge in [0.2, 0.25) is 5.82 Å². The minimum Gasteiger partial charge on any atom is -0.495 e. The van der Waals surface area contributed by atoms with Gasteiger partial charge >= 0.3 is 11.4 Å². The third-order valence-corrected chi connectivity index (χ3v) is 5.48. The van der Waals surface area contributed by atoms with Crippen LogP contribution in [0.4, 0.5) is 8.78 Å². The molecule has 12 heteroatoms. The average molecular weight is 495 g/mol. The molecule has 8 nitrogen and oxygen atoms in total. The van der Waals surface area contributed by atoms with Crippen molar-refractivity contribution >= 4 is 29.2 Å². The quantitative estimate of drug-likeness (QED) is 0.510. The molecular weight excluding hydrogens is 481 g/mol. The van der Waals surface area contributed by atoms with Crippen LogP contribution in [0.2, 0.25) is 5.02 Å². The number of benzene rings is 2. The Kier molecular flexibility index (Phi) is 5.97. The van der Waals surface area contributed by atoms with Crippen molar-refractivity contribution in [3.63, 3.8) is 0 Å². The van der Waals surface area contributed by atoms with E-state index in [2.05, 4.69) is 16.3 Å². The van der Waals surface area contributed by atoms with Crippen molar-refractivity contribution < 1.29 is 28.2 Å². The zero-order chi connectivity index (χ0) is 23.9. The van der Waals surface area contributed by atoms with E-state index in [0.717, 1.165) is 4.57 Å². The van der Waals surface area contributed by atoms with E-state index >= 15 is 0 Å². The monoisotopic (exact) mass is 494 g/mol. The Morgan fingerprint density at radius 3 is 2.73 bits per heavy atom. The van der Waals surface area contributed by atoms with Crippen LogP contribution in [0.3, 0.4) is 0 Å². The number of aliphatic carboxylic acids is 1. The van der Waals surface area contributed by atoms with Gasteiger partial charge in [-0.05, 0) is 35.9 Å². The van der Waals surface area contributed by atoms with Gasteiger partial charge in [-0.15, -0.1) is 10.2 Å². The molecule has 2 aromatic carbocycles. The predicted molar refractivity (Wildman–Crippen MR) is 112 cm³/mol. The van der Waals surface area contributed by atoms with E-state index in [1.54, 1.807) is 18.2 Å². The maximum atomic E-state index is 14.2. The summed E-state index contributed by atoms with van der Waals surface area (Å²) in [6.45, 7) is 0. The van der Waals surface area contributed by atoms with Crippen molar-refractivity contribution in [3.05, 3.63) is 69.8 Å². The Balaban J connectivity index is 2.05. The Morgan fingerprint density at radius 2 is 2.09 bits per heavy atom. The number of nitriles is 1. The maximum absolute atomic E-state index is 14.2. The molecule has 1 aliphatic heterocycles. The molecule has 0 saturated carbocycles. The summed E-state index contributed by atoms with van der Waals surface area (Å²) < 4.78 is 40.8. The molecule has 0 fully saturated rings. The zero-order valence-electron chi connectivity index (χ0n) is 16.8. The topological polar surface area (TPSA) is 110 Å². The van der Waals surface area contributed by atoms with Gasteiger partial charge in [-0.25, -0.2) is 0 Å². The highest BCUT2D eigenvalue weighted by atomic mass is 35.5. The molecule has 33 heavy (non-hydrogen) atoms. The Hall–Kier alpha value is -3.26. The minimum absolute atomic E-state index is 0.130. The molecule has 1 aromatic heterocycles. The molecule has 0 saturated heterocycles. The molecule has 0 spiro atoms. The number of methoxy groups -OCH3 is 1. The van der Waals surface area contributed by atoms with Crippen molar-refractivity contribution in [2.75, 3.05) is 7.11 Å². The minimum atomic E-state index is -3.91. The number of ether oxygens (including phenoxy) is 2. The first-order valence-electron chi connectivity index (χ1n) is 9.42. The lowest BCUT2D eigenvalue weighted by Gasteiger charge is -2.23. The van der Waals surface area contributed by atoms with Gasteiger partial charge in [0, 0.05) is 16.1 Å². The van der Waals surface area contributed by atoms with Gasteiger partial charge in [-0.2, -0.15) is 14.0 Å². The fourth-order valence-corrected chi connectivity index (χ4v) is 4.06. The van der Waals surface area contributed by atoms with Crippen molar-refractivity contribution in [3.8, 4) is 17.5 Å². The molecule has 2 atom stereocenters. The lowest BCUT2D eigenvalue weighted by atomic mass is 9.95. The number of fused-ring (bicyclic) bond motifs is 3. The molecule has 1 N–H and O–H groups in total. The number of rotatable bonds is 5. The highest BCUT2D eigenvalue weighted by molar-refractivity contribution is 6.30. The number of alkyl halides is 3. The predicted octanol–water partition coefficient (Wildman–Crippen LogP) is 4.72. The molecule has 0 bridgehead atoms. The summed E-state index contributed by atoms with van der Waals surface area (Å²) in [7, 11) is 1.39. The fraction of sp³-hybridized carbons (Fsp3) is 0.238. The van der Waals surface area contributed by atoms with E-state index in [1.807, 2.05) is 0 Å². The summed E-state index contributed by atoms with van der Waals surface area (Å²) in [5.74, 6) is -2.09. The average Bonchev–Trinajstić information content (AvgIpc) is 3.16. The maximum Gasteiger partial charge on any atom is 0.382 e. The molecule has 0 aliphatic carbocycles. The Morgan fingerprint density at radius 1 is 1.33 bits per heavy atom. The number of carbonyl (C=O) groups is 1. The third kappa shape index (κ3) is 4.11. The zero-order valence-corrected chi connectivity index (χ0v) is 18.3. The number of halogens is 4. The fourth-order valence-electron chi connectivity index (χ4n) is 3.76. The van der Waals surface area contributed by atoms with Crippen LogP contribution in [0.25, 0.3) is 5.69 Å². The van der Waals surface area contributed by atoms with Crippen molar-refractivity contribution in [1.82, 2.24) is 14.8 Å². The van der Waals surface area contributed by atoms with Crippen LogP contribution in [0.15, 0.2) is 36.4 Å². The second-order valence-electron chi connectivity index (χ2n) is 7.06. The second-order valence-corrected chi connectivity index (χ2v) is 7.97. The molecule has 170 valence electrons. The van der Waals surface area contributed by atoms with Crippen LogP contribution < -0.4 is 4.74 Å². The standard InChI is InChI=1S/C21H14Cl2F2N4O4/c1-32-15-4-2-3-11(13(15)9-26)18-12-7-10(22)5-6-14(12)29-19(16(33-18)8-17(30)31)27-28-20(29)21(23,24)25/h2-7,16,18H,8H2,1H3,(H,30,31)/t16-,18-/m1/s1. The first-order valence-corrected chi connectivity index (χ1v) is 10.2. The van der Waals surface area contributed by atoms with Crippen LogP contribution in [-0.4, -0.2) is 33.0 Å². The number of hydrogen-bond donors (Lipinski definition) is 1. The molecule has 0 unspecified atom stereocenters. The molecule has 0 radical (unpaired) electrons. The van der Waals surface area contributed by atoms with Crippen LogP contribution in [0.5, 0.6) is 5.75 Å². The first-order chi connectivity index (χ1) is 15.7. The number of hydrogen-bond acceptors (Lipinski definition) is 6. The summed E-state index contributed by atoms with van der Waals surface area (Å²) in [6, 6.07) is 11.2. The summed E-state index contributed by atoms with van der Waals surface area (Å²) in [4.78, 5) is 11.6. The van der Waals surface area contributed by atoms with Gasteiger partial charge in [-0.1, -0.05) is 23.7 Å². The van der Waals surface area contributed by atoms with E-state index in [4.69, 9.17) is 32.7 Å². The SMILES string of the molecule is COc1cccc([C@H]2O[C@H](CC(=O)O)c3nnc(C(F)(F)Cl)n3-c3ccc(Cl)cc32)c1C#N. The van der Waals surface area contributed by atoms with Gasteiger partial charge in [0.15, 0.2) is 5.82 Å². The summed E-state index contributed by atoms with van der Waals surface area (Å²) >= 11 is 11.5. The number of nitrogens with zero attached hydrogens (tertiary/aromatic N) is 4. The van der Waals surface area contributed by atoms with Crippen molar-refractivity contribution in [1.29, 1.82) is 5.26 Å². The van der Waals surface area contributed by atoms with Crippen molar-refractivity contribution in [2.45, 2.75) is 24.0 Å². The smallest absolute Gasteiger partial charge is 0.382 e. The van der Waals surface area contributed by atoms with Crippen LogP contribution in [0, 0.1) is 11.3 Å². The van der Waals surface area contributed by atoms with Gasteiger partial charge < -0.3 is 14.6 Å². The molecule has 4 rings (SSSR count). The van der Waals surface area contributed by atoms with E-state index in [1.165, 1.54) is 25.3 Å². The van der Waals surface area contributed by atoms with Crippen LogP contribution >= 0.6 is 23.2 Å². The Labute approximate surface area is 195 Å². The number of carboxylic acid groups (broad SMARTS) is 1. The first kappa shape index (κ1) is 22.9. The van der Waals surface area contributed by atoms with E-state index in [-0.39, 0.29) is 33.4 Å². The van der Waals surface area contributed by atoms with Gasteiger partial charge in [0.1, 0.15) is 29.6 Å². The van der Waals surface area contributed by atoms with Crippen LogP contribution in [0.1, 0.15) is 47.0 Å². The largest absolute Gasteiger partial charge is 0.495 e. The van der Waals surface area contributed by atoms with Crippen LogP contribution in [-0.2, 0) is 14.9 Å². The molecule has 2 heterocycles. The van der Waals surface area contributed by atoms with Gasteiger partial charge in [0.25, 0.3) is 0 Å². The number of carboxylic acids is 1. The lowest BCUT2D eigenvalue weighted by molar-refractivity contribution is -0.141. The highest BCUT2D eigenvalue weighted by Crippen LogP contribution is 2.45. The summed E-state index contributed by atoms with van der Waals surface area (Å²) in [6.07, 6.45) is -3.00. The van der Waals surface area contributed by atoms with Crippen molar-refractivity contribution in [2.24, 2.45) is 0 Å². The number of aromatic nitrogens is 3. The van der Waals surface area contributed by atoms with Gasteiger partial charge in [0.05, 0.1) is 19.2 Å². The third-order valence-electron chi connectivity index (χ3n) is 5.08. The lowest BCUT2D eigenvalue weighted by Crippen LogP contribution is -2.17. The van der Waals surface area contributed by atoms with E-state index in [9.17, 15) is 23.9 Å².